The summed E-state index contributed by atoms with van der Waals surface area (Å²) in [5.74, 6) is -5.09. The number of aliphatic hydroxyl groups excluding tert-OH is 2. The highest BCUT2D eigenvalue weighted by atomic mass is 16.4. The molecule has 0 aromatic heterocycles. The highest BCUT2D eigenvalue weighted by molar-refractivity contribution is 5.94. The predicted molar refractivity (Wildman–Crippen MR) is 95.2 cm³/mol. The second-order valence-corrected chi connectivity index (χ2v) is 6.55. The monoisotopic (exact) mass is 418 g/mol. The third-order valence-corrected chi connectivity index (χ3v) is 4.43. The lowest BCUT2D eigenvalue weighted by Gasteiger charge is -2.28. The minimum atomic E-state index is -1.63. The molecule has 0 aromatic carbocycles. The molecule has 0 bridgehead atoms. The fourth-order valence-electron chi connectivity index (χ4n) is 2.86. The SMILES string of the molecule is NC(CO)C(=O)N1CCCC1C(=O)NC(CCC(=O)O)C(=O)NC(CO)C(=O)O. The van der Waals surface area contributed by atoms with Crippen molar-refractivity contribution in [1.29, 1.82) is 0 Å². The summed E-state index contributed by atoms with van der Waals surface area (Å²) < 4.78 is 0. The Labute approximate surface area is 165 Å². The van der Waals surface area contributed by atoms with E-state index in [4.69, 9.17) is 26.2 Å². The van der Waals surface area contributed by atoms with Crippen LogP contribution in [0.25, 0.3) is 0 Å². The third-order valence-electron chi connectivity index (χ3n) is 4.43. The van der Waals surface area contributed by atoms with Crippen molar-refractivity contribution >= 4 is 29.7 Å². The average Bonchev–Trinajstić information content (AvgIpc) is 3.17. The van der Waals surface area contributed by atoms with Crippen LogP contribution in [0.5, 0.6) is 0 Å². The first-order chi connectivity index (χ1) is 13.6. The predicted octanol–water partition coefficient (Wildman–Crippen LogP) is -3.79. The Balaban J connectivity index is 2.89. The minimum absolute atomic E-state index is 0.224. The molecule has 4 unspecified atom stereocenters. The Morgan fingerprint density at radius 3 is 2.21 bits per heavy atom. The molecule has 4 atom stereocenters. The van der Waals surface area contributed by atoms with E-state index in [0.29, 0.717) is 6.42 Å². The van der Waals surface area contributed by atoms with Crippen molar-refractivity contribution in [1.82, 2.24) is 15.5 Å². The first-order valence-electron chi connectivity index (χ1n) is 8.95. The summed E-state index contributed by atoms with van der Waals surface area (Å²) in [6.45, 7) is -1.28. The molecule has 1 aliphatic rings. The number of carboxylic acids is 2. The van der Waals surface area contributed by atoms with Crippen molar-refractivity contribution in [2.24, 2.45) is 5.73 Å². The quantitative estimate of drug-likeness (QED) is 0.173. The van der Waals surface area contributed by atoms with E-state index in [1.54, 1.807) is 0 Å². The second kappa shape index (κ2) is 11.3. The summed E-state index contributed by atoms with van der Waals surface area (Å²) in [7, 11) is 0. The molecule has 1 fully saturated rings. The van der Waals surface area contributed by atoms with Gasteiger partial charge in [0, 0.05) is 13.0 Å². The van der Waals surface area contributed by atoms with Crippen LogP contribution in [-0.4, -0.2) is 98.9 Å². The molecule has 29 heavy (non-hydrogen) atoms. The van der Waals surface area contributed by atoms with Gasteiger partial charge < -0.3 is 41.7 Å². The molecule has 1 rings (SSSR count). The summed E-state index contributed by atoms with van der Waals surface area (Å²) >= 11 is 0. The molecule has 1 aliphatic heterocycles. The number of carboxylic acid groups (broad SMARTS) is 2. The zero-order chi connectivity index (χ0) is 22.1. The van der Waals surface area contributed by atoms with Gasteiger partial charge in [-0.05, 0) is 19.3 Å². The van der Waals surface area contributed by atoms with Crippen LogP contribution in [0.3, 0.4) is 0 Å². The van der Waals surface area contributed by atoms with Gasteiger partial charge in [-0.25, -0.2) is 4.79 Å². The van der Waals surface area contributed by atoms with Gasteiger partial charge in [0.2, 0.25) is 17.7 Å². The van der Waals surface area contributed by atoms with E-state index < -0.39 is 73.5 Å². The standard InChI is InChI=1S/C16H26N4O9/c17-8(6-21)15(27)20-5-1-2-11(20)14(26)18-9(3-4-12(23)24)13(25)19-10(7-22)16(28)29/h8-11,21-22H,1-7,17H2,(H,18,26)(H,19,25)(H,23,24)(H,28,29). The van der Waals surface area contributed by atoms with E-state index in [9.17, 15) is 24.0 Å². The maximum absolute atomic E-state index is 12.6. The van der Waals surface area contributed by atoms with Gasteiger partial charge in [0.05, 0.1) is 13.2 Å². The molecule has 13 nitrogen and oxygen atoms in total. The maximum Gasteiger partial charge on any atom is 0.328 e. The fourth-order valence-corrected chi connectivity index (χ4v) is 2.86. The average molecular weight is 418 g/mol. The Hall–Kier alpha value is -2.77. The molecule has 13 heteroatoms. The number of carbonyl (C=O) groups is 5. The first-order valence-corrected chi connectivity index (χ1v) is 8.95. The van der Waals surface area contributed by atoms with Crippen molar-refractivity contribution < 1.29 is 44.4 Å². The number of rotatable bonds is 11. The molecule has 0 saturated carbocycles. The van der Waals surface area contributed by atoms with Crippen LogP contribution in [-0.2, 0) is 24.0 Å². The van der Waals surface area contributed by atoms with E-state index in [2.05, 4.69) is 5.32 Å². The van der Waals surface area contributed by atoms with Gasteiger partial charge in [0.15, 0.2) is 0 Å². The molecule has 1 heterocycles. The van der Waals surface area contributed by atoms with Crippen LogP contribution in [0.4, 0.5) is 0 Å². The minimum Gasteiger partial charge on any atom is -0.481 e. The van der Waals surface area contributed by atoms with Crippen molar-refractivity contribution in [3.63, 3.8) is 0 Å². The zero-order valence-corrected chi connectivity index (χ0v) is 15.6. The molecule has 0 aliphatic carbocycles. The molecule has 164 valence electrons. The highest BCUT2D eigenvalue weighted by Gasteiger charge is 2.37. The van der Waals surface area contributed by atoms with Crippen molar-refractivity contribution in [3.05, 3.63) is 0 Å². The number of nitrogens with zero attached hydrogens (tertiary/aromatic N) is 1. The normalized spacial score (nSPS) is 19.1. The van der Waals surface area contributed by atoms with E-state index in [1.165, 1.54) is 4.90 Å². The van der Waals surface area contributed by atoms with E-state index >= 15 is 0 Å². The number of aliphatic carboxylic acids is 2. The molecule has 8 N–H and O–H groups in total. The van der Waals surface area contributed by atoms with Crippen molar-refractivity contribution in [2.45, 2.75) is 49.9 Å². The third kappa shape index (κ3) is 6.96. The lowest BCUT2D eigenvalue weighted by atomic mass is 10.1. The van der Waals surface area contributed by atoms with Crippen LogP contribution >= 0.6 is 0 Å². The molecule has 0 aromatic rings. The summed E-state index contributed by atoms with van der Waals surface area (Å²) in [6, 6.07) is -5.18. The van der Waals surface area contributed by atoms with Crippen LogP contribution in [0.15, 0.2) is 0 Å². The molecular formula is C16H26N4O9. The summed E-state index contributed by atoms with van der Waals surface area (Å²) in [5.41, 5.74) is 5.51. The van der Waals surface area contributed by atoms with Gasteiger partial charge in [0.25, 0.3) is 0 Å². The lowest BCUT2D eigenvalue weighted by molar-refractivity contribution is -0.144. The summed E-state index contributed by atoms with van der Waals surface area (Å²) in [4.78, 5) is 60.1. The Morgan fingerprint density at radius 1 is 1.03 bits per heavy atom. The van der Waals surface area contributed by atoms with Gasteiger partial charge in [-0.15, -0.1) is 0 Å². The van der Waals surface area contributed by atoms with E-state index in [1.807, 2.05) is 5.32 Å². The van der Waals surface area contributed by atoms with E-state index in [0.717, 1.165) is 0 Å². The van der Waals surface area contributed by atoms with Gasteiger partial charge >= 0.3 is 11.9 Å². The largest absolute Gasteiger partial charge is 0.481 e. The Bertz CT molecular complexity index is 642. The number of aliphatic hydroxyl groups is 2. The number of nitrogens with one attached hydrogen (secondary N) is 2. The maximum atomic E-state index is 12.6. The van der Waals surface area contributed by atoms with Crippen LogP contribution < -0.4 is 16.4 Å². The second-order valence-electron chi connectivity index (χ2n) is 6.55. The smallest absolute Gasteiger partial charge is 0.328 e. The number of hydrogen-bond acceptors (Lipinski definition) is 8. The lowest BCUT2D eigenvalue weighted by Crippen LogP contribution is -2.57. The van der Waals surface area contributed by atoms with Gasteiger partial charge in [-0.2, -0.15) is 0 Å². The zero-order valence-electron chi connectivity index (χ0n) is 15.6. The van der Waals surface area contributed by atoms with Crippen LogP contribution in [0.2, 0.25) is 0 Å². The van der Waals surface area contributed by atoms with Gasteiger partial charge in [-0.3, -0.25) is 19.2 Å². The highest BCUT2D eigenvalue weighted by Crippen LogP contribution is 2.18. The molecule has 1 saturated heterocycles. The fraction of sp³-hybridized carbons (Fsp3) is 0.688. The van der Waals surface area contributed by atoms with Crippen LogP contribution in [0, 0.1) is 0 Å². The molecule has 3 amide bonds. The number of carbonyl (C=O) groups excluding carboxylic acids is 3. The number of amides is 3. The van der Waals surface area contributed by atoms with Gasteiger partial charge in [0.1, 0.15) is 24.2 Å². The topological polar surface area (TPSA) is 220 Å². The summed E-state index contributed by atoms with van der Waals surface area (Å²) in [5, 5.41) is 40.2. The Morgan fingerprint density at radius 2 is 1.69 bits per heavy atom. The summed E-state index contributed by atoms with van der Waals surface area (Å²) in [6.07, 6.45) is -0.0592. The molecular weight excluding hydrogens is 392 g/mol. The van der Waals surface area contributed by atoms with E-state index in [-0.39, 0.29) is 19.4 Å². The van der Waals surface area contributed by atoms with Crippen molar-refractivity contribution in [2.75, 3.05) is 19.8 Å². The van der Waals surface area contributed by atoms with Crippen LogP contribution in [0.1, 0.15) is 25.7 Å². The first kappa shape index (κ1) is 24.3. The van der Waals surface area contributed by atoms with Gasteiger partial charge in [-0.1, -0.05) is 0 Å². The molecule has 0 radical (unpaired) electrons. The number of nitrogens with two attached hydrogens (primary N) is 1. The molecule has 0 spiro atoms. The Kier molecular flexibility index (Phi) is 9.44. The number of likely N-dealkylation sites (tertiary alicyclic amines) is 1. The van der Waals surface area contributed by atoms with Crippen molar-refractivity contribution in [3.8, 4) is 0 Å². The number of hydrogen-bond donors (Lipinski definition) is 7.